The number of anilines is 3. The number of aliphatic hydroxyl groups excluding tert-OH is 1. The quantitative estimate of drug-likeness (QED) is 0.0949. The molecule has 4 aliphatic heterocycles. The topological polar surface area (TPSA) is 159 Å². The molecule has 3 N–H and O–H groups in total. The highest BCUT2D eigenvalue weighted by Gasteiger charge is 2.75. The second kappa shape index (κ2) is 20.7. The normalized spacial score (nSPS) is 22.2. The predicted octanol–water partition coefficient (Wildman–Crippen LogP) is 8.78. The van der Waals surface area contributed by atoms with Gasteiger partial charge < -0.3 is 39.6 Å². The van der Waals surface area contributed by atoms with E-state index in [-0.39, 0.29) is 25.4 Å². The van der Waals surface area contributed by atoms with Gasteiger partial charge in [0, 0.05) is 31.0 Å². The zero-order valence-electron chi connectivity index (χ0n) is 40.7. The van der Waals surface area contributed by atoms with Gasteiger partial charge >= 0.3 is 12.0 Å². The van der Waals surface area contributed by atoms with Crippen molar-refractivity contribution in [2.75, 3.05) is 61.7 Å². The number of carbonyl (C=O) groups is 4. The fourth-order valence-electron chi connectivity index (χ4n) is 11.4. The van der Waals surface area contributed by atoms with Crippen LogP contribution in [-0.2, 0) is 35.8 Å². The Bertz CT molecular complexity index is 3140. The van der Waals surface area contributed by atoms with Crippen molar-refractivity contribution in [2.45, 2.75) is 36.2 Å². The Morgan fingerprint density at radius 1 is 0.703 bits per heavy atom. The zero-order chi connectivity index (χ0) is 50.8. The highest BCUT2D eigenvalue weighted by atomic mass is 16.6. The van der Waals surface area contributed by atoms with E-state index in [1.165, 1.54) is 0 Å². The lowest BCUT2D eigenvalue weighted by Gasteiger charge is -2.46. The van der Waals surface area contributed by atoms with Crippen molar-refractivity contribution in [1.29, 1.82) is 0 Å². The maximum absolute atomic E-state index is 16.8. The molecule has 74 heavy (non-hydrogen) atoms. The third-order valence-corrected chi connectivity index (χ3v) is 14.7. The number of rotatable bonds is 13. The number of carbonyl (C=O) groups excluding carboxylic acids is 4. The predicted molar refractivity (Wildman–Crippen MR) is 280 cm³/mol. The van der Waals surface area contributed by atoms with Crippen LogP contribution in [0.2, 0.25) is 0 Å². The van der Waals surface area contributed by atoms with Gasteiger partial charge in [0.05, 0.1) is 50.6 Å². The number of ether oxygens (including phenoxy) is 4. The minimum absolute atomic E-state index is 0.0459. The van der Waals surface area contributed by atoms with Crippen molar-refractivity contribution < 1.29 is 43.2 Å². The number of nitrogens with zero attached hydrogens (tertiary/aromatic N) is 3. The molecule has 0 bridgehead atoms. The van der Waals surface area contributed by atoms with Gasteiger partial charge in [-0.05, 0) is 99.6 Å². The summed E-state index contributed by atoms with van der Waals surface area (Å²) in [4.78, 5) is 69.1. The molecule has 374 valence electrons. The monoisotopic (exact) mass is 989 g/mol. The van der Waals surface area contributed by atoms with E-state index in [0.717, 1.165) is 27.3 Å². The summed E-state index contributed by atoms with van der Waals surface area (Å²) >= 11 is 0. The number of cyclic esters (lactones) is 1. The minimum Gasteiger partial charge on any atom is -0.497 e. The summed E-state index contributed by atoms with van der Waals surface area (Å²) in [6.07, 6.45) is -0.907. The molecule has 14 nitrogen and oxygen atoms in total. The number of urea groups is 1. The third kappa shape index (κ3) is 8.70. The van der Waals surface area contributed by atoms with Crippen LogP contribution in [0.4, 0.5) is 21.9 Å². The second-order valence-corrected chi connectivity index (χ2v) is 18.8. The molecule has 0 unspecified atom stereocenters. The molecule has 0 radical (unpaired) electrons. The standard InChI is InChI=1S/C60H55N5O9/c1-71-47-26-17-40(18-27-47)44-21-30-50-49(37-44)60(58(69)64(50)59(70)61-38-39-11-5-2-6-12-39)51(56(67)62-45-22-24-46(25-23-45)63-31-34-72-35-32-63)53-57(68)74-54(42-15-9-4-10-16-42)52(41-13-7-3-8-14-41)65(53)55(60)43-19-28-48(29-20-43)73-36-33-66/h2-30,37,51-55,66H,31-36,38H2,1H3,(H,61,70)(H,62,67)/t51-,52-,53-,54+,55+,60-/m1/s1. The van der Waals surface area contributed by atoms with Gasteiger partial charge in [0.25, 0.3) is 0 Å². The van der Waals surface area contributed by atoms with Gasteiger partial charge in [-0.3, -0.25) is 19.3 Å². The number of methoxy groups -OCH3 is 1. The molecule has 0 aromatic heterocycles. The van der Waals surface area contributed by atoms with Crippen LogP contribution in [0, 0.1) is 5.92 Å². The van der Waals surface area contributed by atoms with Crippen LogP contribution in [0.15, 0.2) is 182 Å². The molecule has 11 rings (SSSR count). The maximum Gasteiger partial charge on any atom is 0.329 e. The van der Waals surface area contributed by atoms with Gasteiger partial charge in [0.15, 0.2) is 0 Å². The molecule has 4 aliphatic rings. The van der Waals surface area contributed by atoms with Gasteiger partial charge in [0.1, 0.15) is 35.7 Å². The SMILES string of the molecule is COc1ccc(-c2ccc3c(c2)[C@]2(C(=O)N3C(=O)NCc3ccccc3)[C@H](c3ccc(OCCO)cc3)N3[C@H](c4ccccc4)[C@H](c4ccccc4)OC(=O)[C@H]3[C@@H]2C(=O)Nc2ccc(N3CCOCC3)cc2)cc1. The molecular formula is C60H55N5O9. The van der Waals surface area contributed by atoms with E-state index >= 15 is 19.2 Å². The molecule has 3 saturated heterocycles. The van der Waals surface area contributed by atoms with Crippen molar-refractivity contribution in [3.05, 3.63) is 210 Å². The summed E-state index contributed by atoms with van der Waals surface area (Å²) < 4.78 is 23.7. The van der Waals surface area contributed by atoms with Gasteiger partial charge in [-0.2, -0.15) is 0 Å². The summed E-state index contributed by atoms with van der Waals surface area (Å²) in [7, 11) is 1.59. The number of hydrogen-bond acceptors (Lipinski definition) is 11. The van der Waals surface area contributed by atoms with Crippen molar-refractivity contribution in [3.8, 4) is 22.6 Å². The molecule has 1 spiro atoms. The number of hydrogen-bond donors (Lipinski definition) is 3. The third-order valence-electron chi connectivity index (χ3n) is 14.7. The molecule has 14 heteroatoms. The number of amides is 4. The Balaban J connectivity index is 1.16. The number of fused-ring (bicyclic) bond motifs is 3. The first-order valence-corrected chi connectivity index (χ1v) is 24.9. The Labute approximate surface area is 429 Å². The Morgan fingerprint density at radius 3 is 2.00 bits per heavy atom. The molecular weight excluding hydrogens is 935 g/mol. The number of imide groups is 1. The lowest BCUT2D eigenvalue weighted by Crippen LogP contribution is -2.55. The lowest BCUT2D eigenvalue weighted by atomic mass is 9.65. The number of esters is 1. The molecule has 4 amide bonds. The fraction of sp³-hybridized carbons (Fsp3) is 0.233. The number of benzene rings is 7. The summed E-state index contributed by atoms with van der Waals surface area (Å²) in [5, 5.41) is 15.9. The van der Waals surface area contributed by atoms with Gasteiger partial charge in [0.2, 0.25) is 11.8 Å². The van der Waals surface area contributed by atoms with E-state index < -0.39 is 59.4 Å². The summed E-state index contributed by atoms with van der Waals surface area (Å²) in [5.74, 6) is -2.42. The van der Waals surface area contributed by atoms with Crippen molar-refractivity contribution in [2.24, 2.45) is 5.92 Å². The van der Waals surface area contributed by atoms with Gasteiger partial charge in [-0.25, -0.2) is 9.69 Å². The number of aliphatic hydroxyl groups is 1. The Kier molecular flexibility index (Phi) is 13.4. The van der Waals surface area contributed by atoms with E-state index in [2.05, 4.69) is 15.5 Å². The fourth-order valence-corrected chi connectivity index (χ4v) is 11.4. The summed E-state index contributed by atoms with van der Waals surface area (Å²) in [6, 6.07) is 52.2. The summed E-state index contributed by atoms with van der Waals surface area (Å²) in [6.45, 7) is 2.58. The van der Waals surface area contributed by atoms with E-state index in [1.807, 2.05) is 169 Å². The van der Waals surface area contributed by atoms with Crippen molar-refractivity contribution >= 4 is 40.9 Å². The van der Waals surface area contributed by atoms with Crippen LogP contribution in [0.3, 0.4) is 0 Å². The van der Waals surface area contributed by atoms with Crippen LogP contribution in [0.5, 0.6) is 11.5 Å². The molecule has 7 aromatic rings. The van der Waals surface area contributed by atoms with Crippen molar-refractivity contribution in [1.82, 2.24) is 10.2 Å². The Hall–Kier alpha value is -8.30. The summed E-state index contributed by atoms with van der Waals surface area (Å²) in [5.41, 5.74) is 4.40. The Morgan fingerprint density at radius 2 is 1.34 bits per heavy atom. The van der Waals surface area contributed by atoms with E-state index in [4.69, 9.17) is 18.9 Å². The smallest absolute Gasteiger partial charge is 0.329 e. The first-order chi connectivity index (χ1) is 36.3. The zero-order valence-corrected chi connectivity index (χ0v) is 40.7. The van der Waals surface area contributed by atoms with Gasteiger partial charge in [-0.15, -0.1) is 0 Å². The van der Waals surface area contributed by atoms with Crippen molar-refractivity contribution in [3.63, 3.8) is 0 Å². The minimum atomic E-state index is -2.00. The average molecular weight is 990 g/mol. The molecule has 7 aromatic carbocycles. The molecule has 3 fully saturated rings. The molecule has 6 atom stereocenters. The van der Waals surface area contributed by atoms with E-state index in [9.17, 15) is 5.11 Å². The number of nitrogens with one attached hydrogen (secondary N) is 2. The maximum atomic E-state index is 16.8. The van der Waals surface area contributed by atoms with Gasteiger partial charge in [-0.1, -0.05) is 121 Å². The highest BCUT2D eigenvalue weighted by molar-refractivity contribution is 6.25. The first kappa shape index (κ1) is 48.0. The van der Waals surface area contributed by atoms with Crippen LogP contribution in [0.1, 0.15) is 46.0 Å². The van der Waals surface area contributed by atoms with E-state index in [0.29, 0.717) is 65.7 Å². The highest BCUT2D eigenvalue weighted by Crippen LogP contribution is 2.66. The van der Waals surface area contributed by atoms with Crippen LogP contribution in [-0.4, -0.2) is 86.5 Å². The first-order valence-electron chi connectivity index (χ1n) is 24.9. The second-order valence-electron chi connectivity index (χ2n) is 18.8. The van der Waals surface area contributed by atoms with Crippen LogP contribution in [0.25, 0.3) is 11.1 Å². The van der Waals surface area contributed by atoms with E-state index in [1.54, 1.807) is 25.3 Å². The number of morpholine rings is 2. The largest absolute Gasteiger partial charge is 0.497 e. The molecule has 4 heterocycles. The molecule has 0 saturated carbocycles. The average Bonchev–Trinajstić information content (AvgIpc) is 3.93. The molecule has 0 aliphatic carbocycles. The van der Waals surface area contributed by atoms with Crippen LogP contribution >= 0.6 is 0 Å². The lowest BCUT2D eigenvalue weighted by molar-refractivity contribution is -0.177. The van der Waals surface area contributed by atoms with Crippen LogP contribution < -0.4 is 29.9 Å².